The fourth-order valence-corrected chi connectivity index (χ4v) is 3.22. The van der Waals surface area contributed by atoms with E-state index in [4.69, 9.17) is 4.74 Å². The van der Waals surface area contributed by atoms with Crippen molar-refractivity contribution in [1.82, 2.24) is 10.2 Å². The minimum Gasteiger partial charge on any atom is -0.423 e. The predicted octanol–water partition coefficient (Wildman–Crippen LogP) is 5.33. The van der Waals surface area contributed by atoms with Gasteiger partial charge in [-0.05, 0) is 17.7 Å². The third-order valence-corrected chi connectivity index (χ3v) is 4.75. The summed E-state index contributed by atoms with van der Waals surface area (Å²) in [5, 5.41) is 2.03. The first-order chi connectivity index (χ1) is 14.9. The van der Waals surface area contributed by atoms with E-state index in [0.717, 1.165) is 4.90 Å². The van der Waals surface area contributed by atoms with Crippen LogP contribution in [-0.4, -0.2) is 23.1 Å². The molecule has 2 amide bonds. The van der Waals surface area contributed by atoms with Crippen LogP contribution in [0.25, 0.3) is 0 Å². The number of benzene rings is 3. The van der Waals surface area contributed by atoms with Gasteiger partial charge >= 0.3 is 24.0 Å². The van der Waals surface area contributed by atoms with Crippen LogP contribution in [0, 0.1) is 0 Å². The normalized spacial score (nSPS) is 20.3. The molecule has 3 aromatic rings. The lowest BCUT2D eigenvalue weighted by atomic mass is 10.0. The molecule has 0 saturated carbocycles. The van der Waals surface area contributed by atoms with Crippen molar-refractivity contribution in [2.45, 2.75) is 18.4 Å². The van der Waals surface area contributed by atoms with Crippen molar-refractivity contribution in [3.8, 4) is 0 Å². The third kappa shape index (κ3) is 4.09. The molecule has 1 aliphatic heterocycles. The van der Waals surface area contributed by atoms with Gasteiger partial charge in [-0.3, -0.25) is 5.32 Å². The van der Waals surface area contributed by atoms with Crippen LogP contribution < -0.4 is 5.32 Å². The second-order valence-electron chi connectivity index (χ2n) is 6.88. The van der Waals surface area contributed by atoms with Gasteiger partial charge in [0, 0.05) is 5.56 Å². The summed E-state index contributed by atoms with van der Waals surface area (Å²) in [5.41, 5.74) is -2.25. The van der Waals surface area contributed by atoms with E-state index in [1.807, 2.05) is 5.32 Å². The molecule has 31 heavy (non-hydrogen) atoms. The molecule has 0 bridgehead atoms. The highest BCUT2D eigenvalue weighted by atomic mass is 19.4. The predicted molar refractivity (Wildman–Crippen MR) is 109 cm³/mol. The van der Waals surface area contributed by atoms with Crippen LogP contribution in [0.3, 0.4) is 0 Å². The van der Waals surface area contributed by atoms with Crippen LogP contribution in [0.4, 0.5) is 23.7 Å². The number of alkyl halides is 3. The number of ether oxygens (including phenoxy) is 1. The highest BCUT2D eigenvalue weighted by Crippen LogP contribution is 2.42. The lowest BCUT2D eigenvalue weighted by Gasteiger charge is -2.43. The number of amidine groups is 1. The van der Waals surface area contributed by atoms with Crippen molar-refractivity contribution in [2.24, 2.45) is 4.99 Å². The number of carbonyl (C=O) groups is 1. The molecule has 0 aliphatic carbocycles. The molecule has 0 spiro atoms. The summed E-state index contributed by atoms with van der Waals surface area (Å²) in [5.74, 6) is 0. The first-order valence-corrected chi connectivity index (χ1v) is 9.48. The van der Waals surface area contributed by atoms with Gasteiger partial charge in [0.2, 0.25) is 0 Å². The summed E-state index contributed by atoms with van der Waals surface area (Å²) in [6.45, 7) is -0.0128. The van der Waals surface area contributed by atoms with Crippen molar-refractivity contribution in [2.75, 3.05) is 0 Å². The number of nitrogens with zero attached hydrogens (tertiary/aromatic N) is 2. The number of amides is 2. The van der Waals surface area contributed by atoms with Gasteiger partial charge < -0.3 is 4.74 Å². The second kappa shape index (κ2) is 8.14. The first kappa shape index (κ1) is 20.5. The molecule has 5 nitrogen and oxygen atoms in total. The van der Waals surface area contributed by atoms with Crippen LogP contribution in [0.2, 0.25) is 0 Å². The van der Waals surface area contributed by atoms with E-state index in [2.05, 4.69) is 4.99 Å². The number of hydrogen-bond donors (Lipinski definition) is 1. The molecule has 1 atom stereocenters. The second-order valence-corrected chi connectivity index (χ2v) is 6.88. The number of para-hydroxylation sites is 1. The SMILES string of the molecule is O=C1NC(c2ccccc2)(C(F)(F)F)OC(=Nc2ccccc2)N1Cc1ccccc1. The Labute approximate surface area is 176 Å². The number of hydrogen-bond acceptors (Lipinski definition) is 3. The van der Waals surface area contributed by atoms with E-state index in [0.29, 0.717) is 11.3 Å². The minimum absolute atomic E-state index is 0.0128. The lowest BCUT2D eigenvalue weighted by Crippen LogP contribution is -2.67. The number of halogens is 3. The Hall–Kier alpha value is -3.81. The van der Waals surface area contributed by atoms with Crippen molar-refractivity contribution >= 4 is 17.7 Å². The monoisotopic (exact) mass is 425 g/mol. The van der Waals surface area contributed by atoms with Crippen LogP contribution >= 0.6 is 0 Å². The molecule has 8 heteroatoms. The smallest absolute Gasteiger partial charge is 0.423 e. The zero-order chi connectivity index (χ0) is 21.9. The summed E-state index contributed by atoms with van der Waals surface area (Å²) >= 11 is 0. The zero-order valence-corrected chi connectivity index (χ0v) is 16.2. The van der Waals surface area contributed by atoms with Crippen LogP contribution in [0.1, 0.15) is 11.1 Å². The van der Waals surface area contributed by atoms with Crippen molar-refractivity contribution in [1.29, 1.82) is 0 Å². The molecule has 1 heterocycles. The quantitative estimate of drug-likeness (QED) is 0.614. The Kier molecular flexibility index (Phi) is 5.37. The standard InChI is InChI=1S/C23H18F3N3O2/c24-23(25,26)22(18-12-6-2-7-13-18)28-20(30)29(16-17-10-4-1-5-11-17)21(31-22)27-19-14-8-3-9-15-19/h1-15H,16H2,(H,28,30). The van der Waals surface area contributed by atoms with E-state index >= 15 is 0 Å². The number of nitrogens with one attached hydrogen (secondary N) is 1. The minimum atomic E-state index is -4.94. The Morgan fingerprint density at radius 2 is 1.42 bits per heavy atom. The molecule has 158 valence electrons. The van der Waals surface area contributed by atoms with E-state index in [-0.39, 0.29) is 12.1 Å². The van der Waals surface area contributed by atoms with Crippen LogP contribution in [-0.2, 0) is 17.0 Å². The summed E-state index contributed by atoms with van der Waals surface area (Å²) in [6, 6.07) is 22.8. The fraction of sp³-hybridized carbons (Fsp3) is 0.130. The molecule has 3 aromatic carbocycles. The van der Waals surface area contributed by atoms with Crippen molar-refractivity contribution in [3.05, 3.63) is 102 Å². The maximum atomic E-state index is 14.3. The van der Waals surface area contributed by atoms with E-state index < -0.39 is 24.0 Å². The molecule has 1 saturated heterocycles. The Morgan fingerprint density at radius 1 is 0.871 bits per heavy atom. The number of rotatable bonds is 4. The lowest BCUT2D eigenvalue weighted by molar-refractivity contribution is -0.275. The molecule has 1 N–H and O–H groups in total. The van der Waals surface area contributed by atoms with Crippen LogP contribution in [0.5, 0.6) is 0 Å². The topological polar surface area (TPSA) is 53.9 Å². The first-order valence-electron chi connectivity index (χ1n) is 9.48. The van der Waals surface area contributed by atoms with E-state index in [1.165, 1.54) is 24.3 Å². The van der Waals surface area contributed by atoms with Gasteiger partial charge in [-0.25, -0.2) is 9.69 Å². The Morgan fingerprint density at radius 3 is 2.00 bits per heavy atom. The van der Waals surface area contributed by atoms with Crippen molar-refractivity contribution in [3.63, 3.8) is 0 Å². The Balaban J connectivity index is 1.82. The third-order valence-electron chi connectivity index (χ3n) is 4.75. The molecular formula is C23H18F3N3O2. The average Bonchev–Trinajstić information content (AvgIpc) is 2.77. The molecule has 1 fully saturated rings. The van der Waals surface area contributed by atoms with Gasteiger partial charge in [0.15, 0.2) is 0 Å². The number of urea groups is 1. The Bertz CT molecular complexity index is 1070. The number of aliphatic imine (C=N–C) groups is 1. The molecular weight excluding hydrogens is 407 g/mol. The van der Waals surface area contributed by atoms with E-state index in [9.17, 15) is 18.0 Å². The molecule has 0 radical (unpaired) electrons. The van der Waals surface area contributed by atoms with Gasteiger partial charge in [-0.15, -0.1) is 0 Å². The highest BCUT2D eigenvalue weighted by molar-refractivity contribution is 5.97. The largest absolute Gasteiger partial charge is 0.453 e. The molecule has 0 aromatic heterocycles. The van der Waals surface area contributed by atoms with Gasteiger partial charge in [-0.2, -0.15) is 18.2 Å². The average molecular weight is 425 g/mol. The van der Waals surface area contributed by atoms with Crippen molar-refractivity contribution < 1.29 is 22.7 Å². The van der Waals surface area contributed by atoms with Gasteiger partial charge in [0.25, 0.3) is 0 Å². The van der Waals surface area contributed by atoms with Gasteiger partial charge in [0.05, 0.1) is 12.2 Å². The fourth-order valence-electron chi connectivity index (χ4n) is 3.22. The summed E-state index contributed by atoms with van der Waals surface area (Å²) in [7, 11) is 0. The molecule has 1 aliphatic rings. The molecule has 4 rings (SSSR count). The maximum absolute atomic E-state index is 14.3. The zero-order valence-electron chi connectivity index (χ0n) is 16.2. The molecule has 1 unspecified atom stereocenters. The summed E-state index contributed by atoms with van der Waals surface area (Å²) in [6.07, 6.45) is -4.94. The maximum Gasteiger partial charge on any atom is 0.453 e. The summed E-state index contributed by atoms with van der Waals surface area (Å²) < 4.78 is 48.4. The van der Waals surface area contributed by atoms with E-state index in [1.54, 1.807) is 66.7 Å². The van der Waals surface area contributed by atoms with Gasteiger partial charge in [0.1, 0.15) is 0 Å². The van der Waals surface area contributed by atoms with Crippen LogP contribution in [0.15, 0.2) is 96.0 Å². The van der Waals surface area contributed by atoms with Gasteiger partial charge in [-0.1, -0.05) is 78.9 Å². The highest BCUT2D eigenvalue weighted by Gasteiger charge is 2.63. The summed E-state index contributed by atoms with van der Waals surface area (Å²) in [4.78, 5) is 18.3. The number of carbonyl (C=O) groups excluding carboxylic acids is 1.